The second kappa shape index (κ2) is 5.50. The van der Waals surface area contributed by atoms with Gasteiger partial charge in [0.1, 0.15) is 0 Å². The molecule has 1 aliphatic rings. The average molecular weight is 286 g/mol. The molecule has 1 fully saturated rings. The third kappa shape index (κ3) is 2.99. The van der Waals surface area contributed by atoms with Gasteiger partial charge < -0.3 is 5.73 Å². The molecule has 0 bridgehead atoms. The molecule has 1 saturated heterocycles. The average Bonchev–Trinajstić information content (AvgIpc) is 2.32. The van der Waals surface area contributed by atoms with Crippen LogP contribution < -0.4 is 5.73 Å². The van der Waals surface area contributed by atoms with Gasteiger partial charge in [-0.2, -0.15) is 16.1 Å². The van der Waals surface area contributed by atoms with Crippen molar-refractivity contribution in [3.8, 4) is 0 Å². The zero-order valence-electron chi connectivity index (χ0n) is 10.4. The maximum absolute atomic E-state index is 12.4. The molecule has 100 valence electrons. The highest BCUT2D eigenvalue weighted by Gasteiger charge is 2.30. The molecule has 1 aromatic rings. The summed E-state index contributed by atoms with van der Waals surface area (Å²) in [5.74, 6) is 1.73. The Kier molecular flexibility index (Phi) is 4.19. The molecule has 1 heterocycles. The summed E-state index contributed by atoms with van der Waals surface area (Å²) in [6.45, 7) is 2.55. The maximum Gasteiger partial charge on any atom is 0.218 e. The van der Waals surface area contributed by atoms with Crippen molar-refractivity contribution in [2.24, 2.45) is 0 Å². The fourth-order valence-electron chi connectivity index (χ4n) is 2.07. The first-order valence-electron chi connectivity index (χ1n) is 5.91. The van der Waals surface area contributed by atoms with Gasteiger partial charge in [0.15, 0.2) is 0 Å². The van der Waals surface area contributed by atoms with Crippen LogP contribution in [0.1, 0.15) is 12.5 Å². The largest absolute Gasteiger partial charge is 0.398 e. The van der Waals surface area contributed by atoms with Crippen molar-refractivity contribution < 1.29 is 8.42 Å². The Hall–Kier alpha value is -0.720. The topological polar surface area (TPSA) is 63.4 Å². The molecular weight excluding hydrogens is 268 g/mol. The van der Waals surface area contributed by atoms with Gasteiger partial charge in [-0.1, -0.05) is 18.2 Å². The van der Waals surface area contributed by atoms with Crippen molar-refractivity contribution in [3.63, 3.8) is 0 Å². The molecule has 1 aromatic carbocycles. The van der Waals surface area contributed by atoms with Crippen molar-refractivity contribution in [2.45, 2.75) is 18.7 Å². The minimum Gasteiger partial charge on any atom is -0.398 e. The summed E-state index contributed by atoms with van der Waals surface area (Å²) < 4.78 is 26.4. The highest BCUT2D eigenvalue weighted by molar-refractivity contribution is 7.99. The van der Waals surface area contributed by atoms with Gasteiger partial charge in [0, 0.05) is 29.8 Å². The summed E-state index contributed by atoms with van der Waals surface area (Å²) >= 11 is 1.80. The SMILES string of the molecule is CC1CSCCN1S(=O)(=O)Cc1ccccc1N. The molecule has 0 aliphatic carbocycles. The van der Waals surface area contributed by atoms with E-state index < -0.39 is 10.0 Å². The zero-order valence-corrected chi connectivity index (χ0v) is 12.0. The number of sulfonamides is 1. The Bertz CT molecular complexity index is 517. The Labute approximate surface area is 113 Å². The molecule has 0 spiro atoms. The molecule has 1 unspecified atom stereocenters. The van der Waals surface area contributed by atoms with Crippen molar-refractivity contribution in [3.05, 3.63) is 29.8 Å². The lowest BCUT2D eigenvalue weighted by Gasteiger charge is -2.32. The molecule has 6 heteroatoms. The Morgan fingerprint density at radius 1 is 1.44 bits per heavy atom. The molecule has 2 rings (SSSR count). The van der Waals surface area contributed by atoms with Crippen molar-refractivity contribution in [2.75, 3.05) is 23.8 Å². The van der Waals surface area contributed by atoms with Crippen LogP contribution in [0.5, 0.6) is 0 Å². The van der Waals surface area contributed by atoms with Gasteiger partial charge in [-0.25, -0.2) is 8.42 Å². The molecule has 18 heavy (non-hydrogen) atoms. The van der Waals surface area contributed by atoms with Crippen LogP contribution in [-0.2, 0) is 15.8 Å². The summed E-state index contributed by atoms with van der Waals surface area (Å²) in [5.41, 5.74) is 7.03. The second-order valence-electron chi connectivity index (χ2n) is 4.49. The summed E-state index contributed by atoms with van der Waals surface area (Å²) in [6.07, 6.45) is 0. The molecule has 1 atom stereocenters. The number of nitrogen functional groups attached to an aromatic ring is 1. The van der Waals surface area contributed by atoms with Crippen LogP contribution in [0, 0.1) is 0 Å². The van der Waals surface area contributed by atoms with Crippen LogP contribution in [0.15, 0.2) is 24.3 Å². The van der Waals surface area contributed by atoms with E-state index >= 15 is 0 Å². The van der Waals surface area contributed by atoms with E-state index in [4.69, 9.17) is 5.73 Å². The molecule has 0 amide bonds. The van der Waals surface area contributed by atoms with Crippen LogP contribution >= 0.6 is 11.8 Å². The molecule has 2 N–H and O–H groups in total. The van der Waals surface area contributed by atoms with E-state index in [0.29, 0.717) is 17.8 Å². The van der Waals surface area contributed by atoms with E-state index in [0.717, 1.165) is 11.5 Å². The highest BCUT2D eigenvalue weighted by Crippen LogP contribution is 2.23. The fraction of sp³-hybridized carbons (Fsp3) is 0.500. The van der Waals surface area contributed by atoms with E-state index in [1.807, 2.05) is 19.1 Å². The lowest BCUT2D eigenvalue weighted by Crippen LogP contribution is -2.44. The van der Waals surface area contributed by atoms with Gasteiger partial charge in [0.25, 0.3) is 0 Å². The number of nitrogens with two attached hydrogens (primary N) is 1. The standard InChI is InChI=1S/C12H18N2O2S2/c1-10-8-17-7-6-14(10)18(15,16)9-11-4-2-3-5-12(11)13/h2-5,10H,6-9,13H2,1H3. The molecule has 4 nitrogen and oxygen atoms in total. The van der Waals surface area contributed by atoms with Gasteiger partial charge in [0.05, 0.1) is 5.75 Å². The molecule has 0 saturated carbocycles. The summed E-state index contributed by atoms with van der Waals surface area (Å²) in [6, 6.07) is 7.21. The number of benzene rings is 1. The van der Waals surface area contributed by atoms with Gasteiger partial charge in [0.2, 0.25) is 10.0 Å². The van der Waals surface area contributed by atoms with Crippen LogP contribution in [0.3, 0.4) is 0 Å². The number of hydrogen-bond acceptors (Lipinski definition) is 4. The second-order valence-corrected chi connectivity index (χ2v) is 7.56. The maximum atomic E-state index is 12.4. The number of para-hydroxylation sites is 1. The first-order chi connectivity index (χ1) is 8.50. The lowest BCUT2D eigenvalue weighted by atomic mass is 10.2. The van der Waals surface area contributed by atoms with Crippen LogP contribution in [0.4, 0.5) is 5.69 Å². The highest BCUT2D eigenvalue weighted by atomic mass is 32.2. The molecular formula is C12H18N2O2S2. The van der Waals surface area contributed by atoms with Crippen molar-refractivity contribution in [1.29, 1.82) is 0 Å². The zero-order chi connectivity index (χ0) is 13.2. The predicted molar refractivity (Wildman–Crippen MR) is 77.0 cm³/mol. The lowest BCUT2D eigenvalue weighted by molar-refractivity contribution is 0.367. The Balaban J connectivity index is 2.19. The smallest absolute Gasteiger partial charge is 0.218 e. The number of nitrogens with zero attached hydrogens (tertiary/aromatic N) is 1. The van der Waals surface area contributed by atoms with Crippen LogP contribution in [0.2, 0.25) is 0 Å². The number of hydrogen-bond donors (Lipinski definition) is 1. The monoisotopic (exact) mass is 286 g/mol. The third-order valence-electron chi connectivity index (χ3n) is 3.06. The van der Waals surface area contributed by atoms with Gasteiger partial charge in [-0.15, -0.1) is 0 Å². The minimum absolute atomic E-state index is 0.00528. The Morgan fingerprint density at radius 2 is 2.17 bits per heavy atom. The van der Waals surface area contributed by atoms with Crippen LogP contribution in [0.25, 0.3) is 0 Å². The first-order valence-corrected chi connectivity index (χ1v) is 8.68. The van der Waals surface area contributed by atoms with Crippen LogP contribution in [-0.4, -0.2) is 36.8 Å². The quantitative estimate of drug-likeness (QED) is 0.856. The van der Waals surface area contributed by atoms with E-state index in [1.54, 1.807) is 28.2 Å². The third-order valence-corrected chi connectivity index (χ3v) is 6.18. The number of thioether (sulfide) groups is 1. The Morgan fingerprint density at radius 3 is 2.83 bits per heavy atom. The molecule has 0 radical (unpaired) electrons. The summed E-state index contributed by atoms with van der Waals surface area (Å²) in [7, 11) is -3.27. The van der Waals surface area contributed by atoms with E-state index in [-0.39, 0.29) is 11.8 Å². The number of anilines is 1. The fourth-order valence-corrected chi connectivity index (χ4v) is 5.11. The minimum atomic E-state index is -3.27. The van der Waals surface area contributed by atoms with Crippen molar-refractivity contribution in [1.82, 2.24) is 4.31 Å². The van der Waals surface area contributed by atoms with Gasteiger partial charge >= 0.3 is 0 Å². The normalized spacial score (nSPS) is 21.9. The predicted octanol–water partition coefficient (Wildman–Crippen LogP) is 1.54. The molecule has 1 aliphatic heterocycles. The van der Waals surface area contributed by atoms with Gasteiger partial charge in [-0.05, 0) is 18.6 Å². The van der Waals surface area contributed by atoms with Gasteiger partial charge in [-0.3, -0.25) is 0 Å². The van der Waals surface area contributed by atoms with E-state index in [9.17, 15) is 8.42 Å². The molecule has 0 aromatic heterocycles. The number of rotatable bonds is 3. The van der Waals surface area contributed by atoms with Crippen molar-refractivity contribution >= 4 is 27.5 Å². The first kappa shape index (κ1) is 13.7. The summed E-state index contributed by atoms with van der Waals surface area (Å²) in [5, 5.41) is 0. The van der Waals surface area contributed by atoms with E-state index in [2.05, 4.69) is 0 Å². The van der Waals surface area contributed by atoms with E-state index in [1.165, 1.54) is 0 Å². The summed E-state index contributed by atoms with van der Waals surface area (Å²) in [4.78, 5) is 0.